The molecule has 108 valence electrons. The van der Waals surface area contributed by atoms with Crippen LogP contribution in [-0.2, 0) is 0 Å². The van der Waals surface area contributed by atoms with E-state index in [0.717, 1.165) is 24.9 Å². The van der Waals surface area contributed by atoms with E-state index in [-0.39, 0.29) is 5.91 Å². The predicted octanol–water partition coefficient (Wildman–Crippen LogP) is 4.92. The summed E-state index contributed by atoms with van der Waals surface area (Å²) in [6, 6.07) is 11.2. The van der Waals surface area contributed by atoms with Crippen LogP contribution in [0.25, 0.3) is 20.4 Å². The van der Waals surface area contributed by atoms with Crippen molar-refractivity contribution in [3.05, 3.63) is 51.9 Å². The zero-order chi connectivity index (χ0) is 15.1. The minimum absolute atomic E-state index is 0.171. The summed E-state index contributed by atoms with van der Waals surface area (Å²) in [5.74, 6) is -0.171. The smallest absolute Gasteiger partial charge is 0.257 e. The molecule has 0 spiro atoms. The van der Waals surface area contributed by atoms with Gasteiger partial charge in [-0.25, -0.2) is 9.97 Å². The quantitative estimate of drug-likeness (QED) is 0.529. The Kier molecular flexibility index (Phi) is 3.40. The van der Waals surface area contributed by atoms with Gasteiger partial charge in [0.25, 0.3) is 5.91 Å². The van der Waals surface area contributed by atoms with Gasteiger partial charge in [-0.05, 0) is 30.3 Å². The maximum atomic E-state index is 12.3. The van der Waals surface area contributed by atoms with Gasteiger partial charge in [-0.2, -0.15) is 0 Å². The van der Waals surface area contributed by atoms with E-state index in [1.54, 1.807) is 23.5 Å². The molecule has 0 unspecified atom stereocenters. The fourth-order valence-corrected chi connectivity index (χ4v) is 4.27. The topological polar surface area (TPSA) is 54.9 Å². The van der Waals surface area contributed by atoms with Gasteiger partial charge in [-0.3, -0.25) is 10.1 Å². The lowest BCUT2D eigenvalue weighted by atomic mass is 10.2. The van der Waals surface area contributed by atoms with Crippen LogP contribution in [0.1, 0.15) is 10.4 Å². The molecule has 2 aromatic carbocycles. The van der Waals surface area contributed by atoms with E-state index in [1.807, 2.05) is 29.8 Å². The van der Waals surface area contributed by atoms with Gasteiger partial charge in [0.2, 0.25) is 0 Å². The number of anilines is 1. The van der Waals surface area contributed by atoms with E-state index in [1.165, 1.54) is 11.3 Å². The molecule has 0 atom stereocenters. The van der Waals surface area contributed by atoms with Crippen molar-refractivity contribution in [3.8, 4) is 0 Å². The average molecular weight is 390 g/mol. The van der Waals surface area contributed by atoms with Crippen LogP contribution >= 0.6 is 38.6 Å². The number of rotatable bonds is 2. The third-order valence-electron chi connectivity index (χ3n) is 3.16. The molecule has 7 heteroatoms. The molecule has 0 radical (unpaired) electrons. The minimum atomic E-state index is -0.171. The standard InChI is InChI=1S/C15H8BrN3OS2/c16-9-3-1-2-8(6-9)14(20)19-15-18-10-4-5-11-12(13(10)22-15)17-7-21-11/h1-7H,(H,18,19,20). The number of benzene rings is 2. The number of hydrogen-bond acceptors (Lipinski definition) is 5. The van der Waals surface area contributed by atoms with Gasteiger partial charge in [0.05, 0.1) is 20.4 Å². The third kappa shape index (κ3) is 2.41. The van der Waals surface area contributed by atoms with Crippen LogP contribution in [0.4, 0.5) is 5.13 Å². The zero-order valence-electron chi connectivity index (χ0n) is 11.0. The highest BCUT2D eigenvalue weighted by Crippen LogP contribution is 2.33. The number of carbonyl (C=O) groups is 1. The number of carbonyl (C=O) groups excluding carboxylic acids is 1. The summed E-state index contributed by atoms with van der Waals surface area (Å²) in [6.45, 7) is 0. The number of thiazole rings is 2. The fourth-order valence-electron chi connectivity index (χ4n) is 2.17. The van der Waals surface area contributed by atoms with Crippen molar-refractivity contribution in [2.75, 3.05) is 5.32 Å². The average Bonchev–Trinajstić information content (AvgIpc) is 3.11. The second-order valence-electron chi connectivity index (χ2n) is 4.60. The van der Waals surface area contributed by atoms with Gasteiger partial charge in [-0.1, -0.05) is 33.3 Å². The predicted molar refractivity (Wildman–Crippen MR) is 94.9 cm³/mol. The summed E-state index contributed by atoms with van der Waals surface area (Å²) in [5, 5.41) is 3.44. The Morgan fingerprint density at radius 1 is 1.23 bits per heavy atom. The van der Waals surface area contributed by atoms with Crippen molar-refractivity contribution in [1.29, 1.82) is 0 Å². The zero-order valence-corrected chi connectivity index (χ0v) is 14.3. The Labute approximate surface area is 142 Å². The second-order valence-corrected chi connectivity index (χ2v) is 7.40. The molecule has 4 aromatic rings. The van der Waals surface area contributed by atoms with Crippen LogP contribution < -0.4 is 5.32 Å². The molecule has 0 aliphatic heterocycles. The molecule has 1 N–H and O–H groups in total. The lowest BCUT2D eigenvalue weighted by Gasteiger charge is -2.01. The number of fused-ring (bicyclic) bond motifs is 3. The molecular weight excluding hydrogens is 382 g/mol. The molecule has 0 saturated heterocycles. The SMILES string of the molecule is O=C(Nc1nc2ccc3scnc3c2s1)c1cccc(Br)c1. The number of aromatic nitrogens is 2. The van der Waals surface area contributed by atoms with Crippen LogP contribution in [-0.4, -0.2) is 15.9 Å². The molecule has 0 saturated carbocycles. The van der Waals surface area contributed by atoms with Crippen molar-refractivity contribution < 1.29 is 4.79 Å². The molecule has 0 bridgehead atoms. The Morgan fingerprint density at radius 2 is 2.14 bits per heavy atom. The Hall–Kier alpha value is -1.83. The highest BCUT2D eigenvalue weighted by atomic mass is 79.9. The number of hydrogen-bond donors (Lipinski definition) is 1. The highest BCUT2D eigenvalue weighted by Gasteiger charge is 2.12. The van der Waals surface area contributed by atoms with Gasteiger partial charge in [0, 0.05) is 10.0 Å². The van der Waals surface area contributed by atoms with Crippen molar-refractivity contribution in [2.45, 2.75) is 0 Å². The minimum Gasteiger partial charge on any atom is -0.298 e. The van der Waals surface area contributed by atoms with E-state index in [2.05, 4.69) is 31.2 Å². The number of nitrogens with zero attached hydrogens (tertiary/aromatic N) is 2. The Morgan fingerprint density at radius 3 is 3.00 bits per heavy atom. The van der Waals surface area contributed by atoms with Crippen LogP contribution in [0.2, 0.25) is 0 Å². The molecule has 4 rings (SSSR count). The molecule has 0 fully saturated rings. The Balaban J connectivity index is 1.71. The highest BCUT2D eigenvalue weighted by molar-refractivity contribution is 9.10. The monoisotopic (exact) mass is 389 g/mol. The van der Waals surface area contributed by atoms with Gasteiger partial charge < -0.3 is 0 Å². The van der Waals surface area contributed by atoms with Crippen molar-refractivity contribution in [3.63, 3.8) is 0 Å². The first-order chi connectivity index (χ1) is 10.7. The molecule has 2 aromatic heterocycles. The van der Waals surface area contributed by atoms with Crippen LogP contribution in [0.3, 0.4) is 0 Å². The van der Waals surface area contributed by atoms with Crippen LogP contribution in [0.15, 0.2) is 46.4 Å². The second kappa shape index (κ2) is 5.42. The molecule has 4 nitrogen and oxygen atoms in total. The molecule has 1 amide bonds. The van der Waals surface area contributed by atoms with E-state index in [9.17, 15) is 4.79 Å². The third-order valence-corrected chi connectivity index (χ3v) is 5.44. The van der Waals surface area contributed by atoms with E-state index >= 15 is 0 Å². The van der Waals surface area contributed by atoms with E-state index in [0.29, 0.717) is 10.7 Å². The van der Waals surface area contributed by atoms with E-state index in [4.69, 9.17) is 0 Å². The first-order valence-corrected chi connectivity index (χ1v) is 8.89. The van der Waals surface area contributed by atoms with Crippen molar-refractivity contribution in [1.82, 2.24) is 9.97 Å². The maximum Gasteiger partial charge on any atom is 0.257 e. The van der Waals surface area contributed by atoms with Crippen molar-refractivity contribution in [2.24, 2.45) is 0 Å². The number of amides is 1. The summed E-state index contributed by atoms with van der Waals surface area (Å²) in [6.07, 6.45) is 0. The van der Waals surface area contributed by atoms with Gasteiger partial charge in [-0.15, -0.1) is 11.3 Å². The van der Waals surface area contributed by atoms with Crippen LogP contribution in [0.5, 0.6) is 0 Å². The van der Waals surface area contributed by atoms with Gasteiger partial charge in [0.15, 0.2) is 5.13 Å². The fraction of sp³-hybridized carbons (Fsp3) is 0. The first-order valence-electron chi connectivity index (χ1n) is 6.40. The molecular formula is C15H8BrN3OS2. The first kappa shape index (κ1) is 13.8. The molecule has 22 heavy (non-hydrogen) atoms. The Bertz CT molecular complexity index is 1010. The summed E-state index contributed by atoms with van der Waals surface area (Å²) in [5.41, 5.74) is 4.21. The summed E-state index contributed by atoms with van der Waals surface area (Å²) >= 11 is 6.41. The maximum absolute atomic E-state index is 12.3. The molecule has 2 heterocycles. The number of halogens is 1. The lowest BCUT2D eigenvalue weighted by Crippen LogP contribution is -2.11. The summed E-state index contributed by atoms with van der Waals surface area (Å²) < 4.78 is 3.00. The normalized spacial score (nSPS) is 11.1. The largest absolute Gasteiger partial charge is 0.298 e. The summed E-state index contributed by atoms with van der Waals surface area (Å²) in [4.78, 5) is 21.1. The number of nitrogens with one attached hydrogen (secondary N) is 1. The lowest BCUT2D eigenvalue weighted by molar-refractivity contribution is 0.102. The van der Waals surface area contributed by atoms with Crippen LogP contribution in [0, 0.1) is 0 Å². The summed E-state index contributed by atoms with van der Waals surface area (Å²) in [7, 11) is 0. The van der Waals surface area contributed by atoms with Gasteiger partial charge in [0.1, 0.15) is 5.52 Å². The molecule has 0 aliphatic carbocycles. The van der Waals surface area contributed by atoms with E-state index < -0.39 is 0 Å². The van der Waals surface area contributed by atoms with Crippen molar-refractivity contribution >= 4 is 70.1 Å². The molecule has 0 aliphatic rings. The van der Waals surface area contributed by atoms with Gasteiger partial charge >= 0.3 is 0 Å².